The molecule has 0 unspecified atom stereocenters. The minimum absolute atomic E-state index is 0.374. The van der Waals surface area contributed by atoms with Crippen LogP contribution in [0.5, 0.6) is 11.5 Å². The summed E-state index contributed by atoms with van der Waals surface area (Å²) in [6.45, 7) is 4.69. The molecule has 1 saturated heterocycles. The largest absolute Gasteiger partial charge is 0.506 e. The van der Waals surface area contributed by atoms with Gasteiger partial charge in [0, 0.05) is 33.3 Å². The molecular formula is C25H24Cl2O14. The zero-order chi connectivity index (χ0) is 30.9. The van der Waals surface area contributed by atoms with Crippen molar-refractivity contribution in [3.05, 3.63) is 32.5 Å². The summed E-state index contributed by atoms with van der Waals surface area (Å²) in [6, 6.07) is 0. The van der Waals surface area contributed by atoms with E-state index in [0.717, 1.165) is 34.6 Å². The number of hydrogen-bond acceptors (Lipinski definition) is 14. The molecule has 2 N–H and O–H groups in total. The first kappa shape index (κ1) is 31.6. The summed E-state index contributed by atoms with van der Waals surface area (Å²) in [5.74, 6) is -9.38. The molecule has 1 heterocycles. The summed E-state index contributed by atoms with van der Waals surface area (Å²) in [5.41, 5.74) is -1.72. The third-order valence-electron chi connectivity index (χ3n) is 5.90. The number of carbonyl (C=O) groups excluding carboxylic acids is 6. The van der Waals surface area contributed by atoms with Gasteiger partial charge in [-0.2, -0.15) is 0 Å². The Morgan fingerprint density at radius 3 is 1.73 bits per heavy atom. The second-order valence-electron chi connectivity index (χ2n) is 8.90. The zero-order valence-corrected chi connectivity index (χ0v) is 23.7. The Kier molecular flexibility index (Phi) is 9.51. The predicted octanol–water partition coefficient (Wildman–Crippen LogP) is 2.36. The Hall–Kier alpha value is -3.88. The van der Waals surface area contributed by atoms with Gasteiger partial charge in [-0.05, 0) is 6.92 Å². The number of phenolic OH excluding ortho intramolecular Hbond substituents is 2. The molecule has 0 spiro atoms. The molecule has 0 bridgehead atoms. The fraction of sp³-hybridized carbons (Fsp3) is 0.440. The van der Waals surface area contributed by atoms with Crippen molar-refractivity contribution < 1.29 is 67.4 Å². The van der Waals surface area contributed by atoms with Gasteiger partial charge in [-0.1, -0.05) is 23.2 Å². The van der Waals surface area contributed by atoms with Crippen LogP contribution in [0.1, 0.15) is 55.3 Å². The van der Waals surface area contributed by atoms with Crippen molar-refractivity contribution in [3.8, 4) is 11.5 Å². The molecule has 0 radical (unpaired) electrons. The zero-order valence-electron chi connectivity index (χ0n) is 22.1. The number of benzene rings is 1. The summed E-state index contributed by atoms with van der Waals surface area (Å²) < 4.78 is 32.2. The molecule has 0 aromatic heterocycles. The standard InChI is InChI=1S/C25H24Cl2O14/c1-7-17(32)13-14(19(34)16(27)15(26)18(13)33)20(35)21(7)40-24-12(6-36-8(2)28)22(37-9(3)29)23(38-10(4)30)25(41-24)39-11(5)31/h12,22-25,33-34H,6H2,1-5H3/t12-,22-,23+,24-,25+/m1/s1. The van der Waals surface area contributed by atoms with Crippen LogP contribution in [-0.2, 0) is 47.6 Å². The first-order valence-corrected chi connectivity index (χ1v) is 12.5. The monoisotopic (exact) mass is 618 g/mol. The smallest absolute Gasteiger partial charge is 0.305 e. The van der Waals surface area contributed by atoms with Crippen molar-refractivity contribution in [1.29, 1.82) is 0 Å². The minimum Gasteiger partial charge on any atom is -0.506 e. The number of fused-ring (bicyclic) bond motifs is 1. The number of carbonyl (C=O) groups is 6. The second-order valence-corrected chi connectivity index (χ2v) is 9.66. The van der Waals surface area contributed by atoms with Gasteiger partial charge >= 0.3 is 23.9 Å². The van der Waals surface area contributed by atoms with Gasteiger partial charge in [0.2, 0.25) is 24.5 Å². The lowest BCUT2D eigenvalue weighted by Crippen LogP contribution is -2.60. The number of ether oxygens (including phenoxy) is 6. The molecule has 0 saturated carbocycles. The predicted molar refractivity (Wildman–Crippen MR) is 134 cm³/mol. The molecule has 3 rings (SSSR count). The maximum absolute atomic E-state index is 13.5. The van der Waals surface area contributed by atoms with E-state index in [-0.39, 0.29) is 5.57 Å². The SMILES string of the molecule is CC(=O)OC[C@H]1[C@H](OC2=C(C)C(=O)c3c(O)c(Cl)c(Cl)c(O)c3C2=O)O[C@H](OC(C)=O)[C@@H](OC(C)=O)[C@@H]1OC(C)=O. The summed E-state index contributed by atoms with van der Waals surface area (Å²) in [7, 11) is 0. The number of hydrogen-bond donors (Lipinski definition) is 2. The van der Waals surface area contributed by atoms with Gasteiger partial charge in [0.05, 0.1) is 17.0 Å². The average molecular weight is 619 g/mol. The molecule has 1 aromatic rings. The van der Waals surface area contributed by atoms with Crippen LogP contribution in [0.3, 0.4) is 0 Å². The van der Waals surface area contributed by atoms with Crippen molar-refractivity contribution >= 4 is 58.6 Å². The third kappa shape index (κ3) is 6.39. The van der Waals surface area contributed by atoms with Crippen LogP contribution in [-0.4, -0.2) is 77.1 Å². The fourth-order valence-corrected chi connectivity index (χ4v) is 4.59. The molecule has 2 aliphatic rings. The van der Waals surface area contributed by atoms with E-state index in [1.165, 1.54) is 0 Å². The summed E-state index contributed by atoms with van der Waals surface area (Å²) in [5, 5.41) is 19.7. The van der Waals surface area contributed by atoms with Gasteiger partial charge in [-0.25, -0.2) is 0 Å². The molecule has 1 aliphatic heterocycles. The summed E-state index contributed by atoms with van der Waals surface area (Å²) in [4.78, 5) is 74.0. The van der Waals surface area contributed by atoms with E-state index in [2.05, 4.69) is 0 Å². The topological polar surface area (TPSA) is 198 Å². The van der Waals surface area contributed by atoms with Gasteiger partial charge in [0.1, 0.15) is 28.2 Å². The van der Waals surface area contributed by atoms with Crippen molar-refractivity contribution in [2.45, 2.75) is 59.4 Å². The summed E-state index contributed by atoms with van der Waals surface area (Å²) in [6.07, 6.45) is -6.65. The maximum atomic E-state index is 13.5. The Labute approximate surface area is 242 Å². The highest BCUT2D eigenvalue weighted by molar-refractivity contribution is 6.45. The van der Waals surface area contributed by atoms with Crippen LogP contribution < -0.4 is 0 Å². The molecular weight excluding hydrogens is 595 g/mol. The van der Waals surface area contributed by atoms with E-state index in [1.807, 2.05) is 0 Å². The van der Waals surface area contributed by atoms with Gasteiger partial charge in [0.25, 0.3) is 0 Å². The van der Waals surface area contributed by atoms with Crippen LogP contribution in [0.2, 0.25) is 10.0 Å². The number of halogens is 2. The van der Waals surface area contributed by atoms with E-state index in [4.69, 9.17) is 51.6 Å². The Balaban J connectivity index is 2.15. The fourth-order valence-electron chi connectivity index (χ4n) is 4.22. The normalized spacial score (nSPS) is 23.8. The third-order valence-corrected chi connectivity index (χ3v) is 6.74. The number of esters is 4. The molecule has 222 valence electrons. The molecule has 1 aromatic carbocycles. The van der Waals surface area contributed by atoms with Crippen molar-refractivity contribution in [2.24, 2.45) is 5.92 Å². The first-order valence-electron chi connectivity index (χ1n) is 11.8. The lowest BCUT2D eigenvalue weighted by Gasteiger charge is -2.44. The molecule has 1 aliphatic carbocycles. The lowest BCUT2D eigenvalue weighted by atomic mass is 9.87. The van der Waals surface area contributed by atoms with Crippen LogP contribution in [0, 0.1) is 5.92 Å². The van der Waals surface area contributed by atoms with E-state index < -0.39 is 111 Å². The van der Waals surface area contributed by atoms with Crippen LogP contribution in [0.25, 0.3) is 0 Å². The molecule has 16 heteroatoms. The molecule has 1 fully saturated rings. The average Bonchev–Trinajstić information content (AvgIpc) is 2.86. The van der Waals surface area contributed by atoms with Crippen LogP contribution >= 0.6 is 23.2 Å². The Bertz CT molecular complexity index is 1370. The van der Waals surface area contributed by atoms with E-state index in [1.54, 1.807) is 0 Å². The number of aromatic hydroxyl groups is 2. The van der Waals surface area contributed by atoms with Gasteiger partial charge < -0.3 is 33.9 Å². The Morgan fingerprint density at radius 2 is 1.24 bits per heavy atom. The maximum Gasteiger partial charge on any atom is 0.305 e. The van der Waals surface area contributed by atoms with Crippen molar-refractivity contribution in [2.75, 3.05) is 6.61 Å². The van der Waals surface area contributed by atoms with Crippen molar-refractivity contribution in [3.63, 3.8) is 0 Å². The van der Waals surface area contributed by atoms with Gasteiger partial charge in [0.15, 0.2) is 17.6 Å². The van der Waals surface area contributed by atoms with E-state index in [0.29, 0.717) is 0 Å². The van der Waals surface area contributed by atoms with Gasteiger partial charge in [-0.3, -0.25) is 33.5 Å². The van der Waals surface area contributed by atoms with Crippen LogP contribution in [0.4, 0.5) is 0 Å². The second kappa shape index (κ2) is 12.3. The first-order chi connectivity index (χ1) is 19.1. The Morgan fingerprint density at radius 1 is 0.756 bits per heavy atom. The lowest BCUT2D eigenvalue weighted by molar-refractivity contribution is -0.328. The number of ketones is 2. The molecule has 14 nitrogen and oxygen atoms in total. The summed E-state index contributed by atoms with van der Waals surface area (Å²) >= 11 is 11.8. The minimum atomic E-state index is -1.77. The molecule has 41 heavy (non-hydrogen) atoms. The number of rotatable bonds is 7. The van der Waals surface area contributed by atoms with Gasteiger partial charge in [-0.15, -0.1) is 0 Å². The van der Waals surface area contributed by atoms with Crippen molar-refractivity contribution in [1.82, 2.24) is 0 Å². The van der Waals surface area contributed by atoms with Crippen LogP contribution in [0.15, 0.2) is 11.3 Å². The number of allylic oxidation sites excluding steroid dienone is 2. The molecule has 0 amide bonds. The van der Waals surface area contributed by atoms with E-state index >= 15 is 0 Å². The number of Topliss-reactive ketones (excluding diaryl/α,β-unsaturated/α-hetero) is 2. The quantitative estimate of drug-likeness (QED) is 0.256. The highest BCUT2D eigenvalue weighted by atomic mass is 35.5. The number of phenols is 2. The highest BCUT2D eigenvalue weighted by Crippen LogP contribution is 2.48. The highest BCUT2D eigenvalue weighted by Gasteiger charge is 2.54. The molecule has 5 atom stereocenters. The van der Waals surface area contributed by atoms with E-state index in [9.17, 15) is 39.0 Å².